The summed E-state index contributed by atoms with van der Waals surface area (Å²) in [6.07, 6.45) is 5.81. The number of hydrogen-bond acceptors (Lipinski definition) is 1. The zero-order chi connectivity index (χ0) is 12.8. The molecule has 0 bridgehead atoms. The normalized spacial score (nSPS) is 16.4. The van der Waals surface area contributed by atoms with Gasteiger partial charge in [-0.2, -0.15) is 0 Å². The maximum absolute atomic E-state index is 13.0. The highest BCUT2D eigenvalue weighted by molar-refractivity contribution is 5.76. The highest BCUT2D eigenvalue weighted by Crippen LogP contribution is 2.12. The van der Waals surface area contributed by atoms with Crippen LogP contribution in [0.25, 0.3) is 0 Å². The fourth-order valence-electron chi connectivity index (χ4n) is 2.42. The monoisotopic (exact) mass is 249 g/mol. The molecule has 0 atom stereocenters. The maximum atomic E-state index is 13.0. The lowest BCUT2D eigenvalue weighted by molar-refractivity contribution is -0.131. The van der Waals surface area contributed by atoms with Crippen LogP contribution in [-0.4, -0.2) is 23.9 Å². The fourth-order valence-corrected chi connectivity index (χ4v) is 2.42. The number of amides is 1. The lowest BCUT2D eigenvalue weighted by atomic mass is 10.1. The standard InChI is InChI=1S/C15H20FNO/c16-14-7-5-6-13(12-14)8-9-15(18)17-10-3-1-2-4-11-17/h5-7,12H,1-4,8-11H2. The van der Waals surface area contributed by atoms with E-state index in [2.05, 4.69) is 0 Å². The average Bonchev–Trinajstić information content (AvgIpc) is 2.65. The van der Waals surface area contributed by atoms with E-state index in [9.17, 15) is 9.18 Å². The Morgan fingerprint density at radius 2 is 1.89 bits per heavy atom. The van der Waals surface area contributed by atoms with Gasteiger partial charge in [0, 0.05) is 19.5 Å². The molecule has 98 valence electrons. The molecule has 1 fully saturated rings. The second-order valence-corrected chi connectivity index (χ2v) is 4.92. The third-order valence-corrected chi connectivity index (χ3v) is 3.48. The first-order valence-corrected chi connectivity index (χ1v) is 6.78. The van der Waals surface area contributed by atoms with Crippen molar-refractivity contribution in [2.45, 2.75) is 38.5 Å². The van der Waals surface area contributed by atoms with Crippen molar-refractivity contribution in [3.8, 4) is 0 Å². The first-order chi connectivity index (χ1) is 8.75. The molecule has 2 nitrogen and oxygen atoms in total. The molecule has 0 spiro atoms. The van der Waals surface area contributed by atoms with Crippen LogP contribution in [0.1, 0.15) is 37.7 Å². The quantitative estimate of drug-likeness (QED) is 0.805. The summed E-state index contributed by atoms with van der Waals surface area (Å²) in [6, 6.07) is 6.51. The molecule has 18 heavy (non-hydrogen) atoms. The average molecular weight is 249 g/mol. The Balaban J connectivity index is 1.83. The summed E-state index contributed by atoms with van der Waals surface area (Å²) in [5.41, 5.74) is 0.901. The van der Waals surface area contributed by atoms with Crippen LogP contribution < -0.4 is 0 Å². The van der Waals surface area contributed by atoms with Gasteiger partial charge in [0.2, 0.25) is 5.91 Å². The number of likely N-dealkylation sites (tertiary alicyclic amines) is 1. The summed E-state index contributed by atoms with van der Waals surface area (Å²) >= 11 is 0. The van der Waals surface area contributed by atoms with Crippen LogP contribution in [0.3, 0.4) is 0 Å². The minimum atomic E-state index is -0.227. The molecule has 0 saturated carbocycles. The zero-order valence-electron chi connectivity index (χ0n) is 10.7. The lowest BCUT2D eigenvalue weighted by Crippen LogP contribution is -2.31. The number of nitrogens with zero attached hydrogens (tertiary/aromatic N) is 1. The maximum Gasteiger partial charge on any atom is 0.222 e. The van der Waals surface area contributed by atoms with Gasteiger partial charge >= 0.3 is 0 Å². The Hall–Kier alpha value is -1.38. The Morgan fingerprint density at radius 1 is 1.17 bits per heavy atom. The first kappa shape index (κ1) is 13.1. The molecule has 0 N–H and O–H groups in total. The Labute approximate surface area is 108 Å². The van der Waals surface area contributed by atoms with Crippen molar-refractivity contribution in [1.82, 2.24) is 4.90 Å². The van der Waals surface area contributed by atoms with E-state index < -0.39 is 0 Å². The molecule has 0 aliphatic carbocycles. The highest BCUT2D eigenvalue weighted by atomic mass is 19.1. The Morgan fingerprint density at radius 3 is 2.56 bits per heavy atom. The number of hydrogen-bond donors (Lipinski definition) is 0. The Bertz CT molecular complexity index is 397. The largest absolute Gasteiger partial charge is 0.343 e. The predicted octanol–water partition coefficient (Wildman–Crippen LogP) is 3.16. The second kappa shape index (κ2) is 6.53. The smallest absolute Gasteiger partial charge is 0.222 e. The molecule has 0 radical (unpaired) electrons. The van der Waals surface area contributed by atoms with Crippen LogP contribution in [0, 0.1) is 5.82 Å². The van der Waals surface area contributed by atoms with Crippen molar-refractivity contribution in [1.29, 1.82) is 0 Å². The topological polar surface area (TPSA) is 20.3 Å². The fraction of sp³-hybridized carbons (Fsp3) is 0.533. The molecule has 0 aromatic heterocycles. The van der Waals surface area contributed by atoms with Crippen LogP contribution in [0.15, 0.2) is 24.3 Å². The van der Waals surface area contributed by atoms with Crippen molar-refractivity contribution in [2.75, 3.05) is 13.1 Å². The van der Waals surface area contributed by atoms with E-state index in [1.165, 1.54) is 25.0 Å². The molecule has 1 amide bonds. The van der Waals surface area contributed by atoms with E-state index in [1.807, 2.05) is 11.0 Å². The summed E-state index contributed by atoms with van der Waals surface area (Å²) in [7, 11) is 0. The van der Waals surface area contributed by atoms with Gasteiger partial charge in [0.25, 0.3) is 0 Å². The molecule has 3 heteroatoms. The van der Waals surface area contributed by atoms with Gasteiger partial charge < -0.3 is 4.90 Å². The summed E-state index contributed by atoms with van der Waals surface area (Å²) in [4.78, 5) is 14.0. The summed E-state index contributed by atoms with van der Waals surface area (Å²) in [5.74, 6) is -0.0177. The minimum Gasteiger partial charge on any atom is -0.343 e. The van der Waals surface area contributed by atoms with E-state index in [0.717, 1.165) is 31.5 Å². The van der Waals surface area contributed by atoms with Gasteiger partial charge in [-0.25, -0.2) is 4.39 Å². The van der Waals surface area contributed by atoms with Crippen LogP contribution in [-0.2, 0) is 11.2 Å². The number of rotatable bonds is 3. The summed E-state index contributed by atoms with van der Waals surface area (Å²) in [5, 5.41) is 0. The molecule has 1 aliphatic rings. The van der Waals surface area contributed by atoms with Crippen molar-refractivity contribution in [2.24, 2.45) is 0 Å². The van der Waals surface area contributed by atoms with Gasteiger partial charge in [-0.15, -0.1) is 0 Å². The van der Waals surface area contributed by atoms with Crippen molar-refractivity contribution >= 4 is 5.91 Å². The van der Waals surface area contributed by atoms with E-state index in [1.54, 1.807) is 6.07 Å². The van der Waals surface area contributed by atoms with E-state index >= 15 is 0 Å². The minimum absolute atomic E-state index is 0.209. The molecule has 1 aliphatic heterocycles. The van der Waals surface area contributed by atoms with Gasteiger partial charge in [-0.1, -0.05) is 25.0 Å². The van der Waals surface area contributed by atoms with Crippen molar-refractivity contribution in [3.63, 3.8) is 0 Å². The molecular weight excluding hydrogens is 229 g/mol. The predicted molar refractivity (Wildman–Crippen MR) is 69.8 cm³/mol. The lowest BCUT2D eigenvalue weighted by Gasteiger charge is -2.20. The van der Waals surface area contributed by atoms with E-state index in [0.29, 0.717) is 12.8 Å². The molecule has 1 saturated heterocycles. The molecule has 2 rings (SSSR count). The third-order valence-electron chi connectivity index (χ3n) is 3.48. The van der Waals surface area contributed by atoms with Gasteiger partial charge in [0.05, 0.1) is 0 Å². The van der Waals surface area contributed by atoms with Crippen LogP contribution in [0.5, 0.6) is 0 Å². The first-order valence-electron chi connectivity index (χ1n) is 6.78. The number of halogens is 1. The third kappa shape index (κ3) is 3.83. The van der Waals surface area contributed by atoms with Crippen LogP contribution in [0.2, 0.25) is 0 Å². The summed E-state index contributed by atoms with van der Waals surface area (Å²) in [6.45, 7) is 1.78. The van der Waals surface area contributed by atoms with E-state index in [4.69, 9.17) is 0 Å². The molecule has 1 aromatic carbocycles. The van der Waals surface area contributed by atoms with Gasteiger partial charge in [-0.05, 0) is 37.0 Å². The summed E-state index contributed by atoms with van der Waals surface area (Å²) < 4.78 is 13.0. The Kier molecular flexibility index (Phi) is 4.73. The molecule has 1 aromatic rings. The molecule has 0 unspecified atom stereocenters. The number of carbonyl (C=O) groups excluding carboxylic acids is 1. The number of carbonyl (C=O) groups is 1. The highest BCUT2D eigenvalue weighted by Gasteiger charge is 2.14. The van der Waals surface area contributed by atoms with E-state index in [-0.39, 0.29) is 11.7 Å². The number of benzene rings is 1. The van der Waals surface area contributed by atoms with Gasteiger partial charge in [0.1, 0.15) is 5.82 Å². The van der Waals surface area contributed by atoms with Gasteiger partial charge in [-0.3, -0.25) is 4.79 Å². The zero-order valence-corrected chi connectivity index (χ0v) is 10.7. The second-order valence-electron chi connectivity index (χ2n) is 4.92. The van der Waals surface area contributed by atoms with Crippen LogP contribution >= 0.6 is 0 Å². The van der Waals surface area contributed by atoms with Gasteiger partial charge in [0.15, 0.2) is 0 Å². The van der Waals surface area contributed by atoms with Crippen molar-refractivity contribution < 1.29 is 9.18 Å². The molecular formula is C15H20FNO. The van der Waals surface area contributed by atoms with Crippen LogP contribution in [0.4, 0.5) is 4.39 Å². The molecule has 1 heterocycles. The SMILES string of the molecule is O=C(CCc1cccc(F)c1)N1CCCCCC1. The van der Waals surface area contributed by atoms with Crippen molar-refractivity contribution in [3.05, 3.63) is 35.6 Å². The number of aryl methyl sites for hydroxylation is 1.